The highest BCUT2D eigenvalue weighted by molar-refractivity contribution is 5.77. The number of carbonyl (C=O) groups is 2. The lowest BCUT2D eigenvalue weighted by atomic mass is 10.1. The molecule has 0 N–H and O–H groups in total. The smallest absolute Gasteiger partial charge is 0.429 e. The van der Waals surface area contributed by atoms with Crippen LogP contribution in [-0.4, -0.2) is 40.0 Å². The minimum Gasteiger partial charge on any atom is -0.442 e. The Morgan fingerprint density at radius 1 is 0.818 bits per heavy atom. The van der Waals surface area contributed by atoms with Gasteiger partial charge in [0.05, 0.1) is 13.1 Å². The fraction of sp³-hybridized carbons (Fsp3) is 0.385. The zero-order valence-corrected chi connectivity index (χ0v) is 20.2. The molecule has 2 aromatic rings. The van der Waals surface area contributed by atoms with Crippen LogP contribution in [0, 0.1) is 5.82 Å². The molecule has 0 bridgehead atoms. The van der Waals surface area contributed by atoms with E-state index in [2.05, 4.69) is 6.58 Å². The lowest BCUT2D eigenvalue weighted by molar-refractivity contribution is -0.0611. The van der Waals surface area contributed by atoms with Gasteiger partial charge in [0.15, 0.2) is 0 Å². The van der Waals surface area contributed by atoms with Gasteiger partial charge in [-0.15, -0.1) is 0 Å². The fourth-order valence-corrected chi connectivity index (χ4v) is 2.84. The molecule has 0 fully saturated rings. The van der Waals surface area contributed by atoms with Gasteiger partial charge in [-0.25, -0.2) is 24.0 Å². The van der Waals surface area contributed by atoms with Crippen molar-refractivity contribution in [1.29, 1.82) is 0 Å². The topological polar surface area (TPSA) is 59.1 Å². The van der Waals surface area contributed by atoms with Crippen molar-refractivity contribution in [2.24, 2.45) is 0 Å². The van der Waals surface area contributed by atoms with E-state index in [4.69, 9.17) is 9.47 Å². The third-order valence-corrected chi connectivity index (χ3v) is 4.27. The molecule has 2 amide bonds. The summed E-state index contributed by atoms with van der Waals surface area (Å²) in [5.74, 6) is -0.380. The van der Waals surface area contributed by atoms with Crippen LogP contribution in [-0.2, 0) is 16.0 Å². The number of hydrogen-bond acceptors (Lipinski definition) is 4. The molecule has 0 saturated heterocycles. The van der Waals surface area contributed by atoms with Gasteiger partial charge in [0, 0.05) is 0 Å². The maximum Gasteiger partial charge on any atom is 0.429 e. The first kappa shape index (κ1) is 25.9. The summed E-state index contributed by atoms with van der Waals surface area (Å²) in [4.78, 5) is 26.4. The van der Waals surface area contributed by atoms with Crippen LogP contribution in [0.1, 0.15) is 52.7 Å². The van der Waals surface area contributed by atoms with E-state index in [0.717, 1.165) is 5.56 Å². The van der Waals surface area contributed by atoms with E-state index < -0.39 is 23.4 Å². The highest BCUT2D eigenvalue weighted by Gasteiger charge is 2.33. The summed E-state index contributed by atoms with van der Waals surface area (Å²) in [6, 6.07) is 15.0. The Bertz CT molecular complexity index is 961. The van der Waals surface area contributed by atoms with Gasteiger partial charge in [-0.1, -0.05) is 49.0 Å². The van der Waals surface area contributed by atoms with Crippen LogP contribution >= 0.6 is 0 Å². The van der Waals surface area contributed by atoms with Gasteiger partial charge in [0.25, 0.3) is 0 Å². The average Bonchev–Trinajstić information content (AvgIpc) is 2.69. The van der Waals surface area contributed by atoms with Gasteiger partial charge in [-0.3, -0.25) is 0 Å². The molecule has 2 aromatic carbocycles. The molecule has 7 heteroatoms. The van der Waals surface area contributed by atoms with E-state index in [0.29, 0.717) is 11.1 Å². The molecule has 0 heterocycles. The molecule has 6 nitrogen and oxygen atoms in total. The Hall–Kier alpha value is -3.35. The number of amides is 2. The van der Waals surface area contributed by atoms with Gasteiger partial charge >= 0.3 is 12.2 Å². The van der Waals surface area contributed by atoms with Crippen molar-refractivity contribution in [1.82, 2.24) is 10.0 Å². The molecule has 33 heavy (non-hydrogen) atoms. The predicted molar refractivity (Wildman–Crippen MR) is 127 cm³/mol. The van der Waals surface area contributed by atoms with Crippen LogP contribution in [0.25, 0.3) is 5.57 Å². The van der Waals surface area contributed by atoms with Gasteiger partial charge < -0.3 is 9.47 Å². The first-order valence-corrected chi connectivity index (χ1v) is 10.7. The van der Waals surface area contributed by atoms with Gasteiger partial charge in [-0.05, 0) is 70.4 Å². The minimum atomic E-state index is -0.793. The minimum absolute atomic E-state index is 0.0629. The molecule has 0 radical (unpaired) electrons. The lowest BCUT2D eigenvalue weighted by Crippen LogP contribution is -2.52. The molecule has 0 saturated carbocycles. The van der Waals surface area contributed by atoms with Crippen LogP contribution in [0.15, 0.2) is 61.2 Å². The van der Waals surface area contributed by atoms with E-state index in [9.17, 15) is 14.0 Å². The highest BCUT2D eigenvalue weighted by Crippen LogP contribution is 2.22. The molecule has 0 atom stereocenters. The average molecular weight is 457 g/mol. The SMILES string of the molecule is C=C(CN(C(=O)OC(C)(C)C)N(Cc1ccccc1)C(=O)OC(C)(C)C)c1ccc(F)cc1. The molecule has 0 aliphatic rings. The fourth-order valence-electron chi connectivity index (χ4n) is 2.84. The second-order valence-corrected chi connectivity index (χ2v) is 9.67. The Labute approximate surface area is 195 Å². The van der Waals surface area contributed by atoms with E-state index in [1.165, 1.54) is 22.2 Å². The first-order valence-electron chi connectivity index (χ1n) is 10.7. The molecular weight excluding hydrogens is 423 g/mol. The molecule has 178 valence electrons. The molecular formula is C26H33FN2O4. The van der Waals surface area contributed by atoms with Crippen molar-refractivity contribution < 1.29 is 23.5 Å². The molecule has 0 unspecified atom stereocenters. The normalized spacial score (nSPS) is 11.5. The summed E-state index contributed by atoms with van der Waals surface area (Å²) >= 11 is 0. The van der Waals surface area contributed by atoms with Crippen molar-refractivity contribution in [2.45, 2.75) is 59.3 Å². The van der Waals surface area contributed by atoms with Crippen LogP contribution in [0.5, 0.6) is 0 Å². The maximum absolute atomic E-state index is 13.4. The highest BCUT2D eigenvalue weighted by atomic mass is 19.1. The lowest BCUT2D eigenvalue weighted by Gasteiger charge is -2.37. The Balaban J connectivity index is 2.45. The number of rotatable bonds is 5. The number of hydrogen-bond donors (Lipinski definition) is 0. The van der Waals surface area contributed by atoms with E-state index in [-0.39, 0.29) is 18.9 Å². The monoisotopic (exact) mass is 456 g/mol. The second-order valence-electron chi connectivity index (χ2n) is 9.67. The number of halogens is 1. The Kier molecular flexibility index (Phi) is 8.25. The number of hydrazine groups is 1. The van der Waals surface area contributed by atoms with Crippen molar-refractivity contribution >= 4 is 17.8 Å². The van der Waals surface area contributed by atoms with E-state index in [1.54, 1.807) is 53.7 Å². The van der Waals surface area contributed by atoms with Crippen molar-refractivity contribution in [3.8, 4) is 0 Å². The van der Waals surface area contributed by atoms with Crippen LogP contribution < -0.4 is 0 Å². The molecule has 0 spiro atoms. The number of benzene rings is 2. The molecule has 0 aromatic heterocycles. The summed E-state index contributed by atoms with van der Waals surface area (Å²) in [6.45, 7) is 14.5. The Morgan fingerprint density at radius 3 is 1.79 bits per heavy atom. The summed E-state index contributed by atoms with van der Waals surface area (Å²) in [5.41, 5.74) is 0.360. The van der Waals surface area contributed by atoms with Crippen molar-refractivity contribution in [3.05, 3.63) is 78.1 Å². The quantitative estimate of drug-likeness (QED) is 0.487. The standard InChI is InChI=1S/C26H33FN2O4/c1-19(21-13-15-22(27)16-14-21)17-28(23(30)32-25(2,3)4)29(24(31)33-26(5,6)7)18-20-11-9-8-10-12-20/h8-16H,1,17-18H2,2-7H3. The largest absolute Gasteiger partial charge is 0.442 e. The Morgan fingerprint density at radius 2 is 1.30 bits per heavy atom. The molecule has 0 aliphatic heterocycles. The van der Waals surface area contributed by atoms with Crippen LogP contribution in [0.3, 0.4) is 0 Å². The molecule has 0 aliphatic carbocycles. The number of carbonyl (C=O) groups excluding carboxylic acids is 2. The third-order valence-electron chi connectivity index (χ3n) is 4.27. The first-order chi connectivity index (χ1) is 15.2. The van der Waals surface area contributed by atoms with Gasteiger partial charge in [0.1, 0.15) is 17.0 Å². The van der Waals surface area contributed by atoms with Crippen molar-refractivity contribution in [3.63, 3.8) is 0 Å². The second kappa shape index (κ2) is 10.5. The number of ether oxygens (including phenoxy) is 2. The van der Waals surface area contributed by atoms with Crippen molar-refractivity contribution in [2.75, 3.05) is 6.54 Å². The van der Waals surface area contributed by atoms with Crippen LogP contribution in [0.2, 0.25) is 0 Å². The predicted octanol–water partition coefficient (Wildman–Crippen LogP) is 6.43. The van der Waals surface area contributed by atoms with Gasteiger partial charge in [0.2, 0.25) is 0 Å². The van der Waals surface area contributed by atoms with E-state index >= 15 is 0 Å². The zero-order valence-electron chi connectivity index (χ0n) is 20.2. The summed E-state index contributed by atoms with van der Waals surface area (Å²) < 4.78 is 24.6. The number of nitrogens with zero attached hydrogens (tertiary/aromatic N) is 2. The van der Waals surface area contributed by atoms with Crippen LogP contribution in [0.4, 0.5) is 14.0 Å². The third kappa shape index (κ3) is 8.60. The summed E-state index contributed by atoms with van der Waals surface area (Å²) in [7, 11) is 0. The molecule has 2 rings (SSSR count). The summed E-state index contributed by atoms with van der Waals surface area (Å²) in [6.07, 6.45) is -1.43. The van der Waals surface area contributed by atoms with E-state index in [1.807, 2.05) is 30.3 Å². The maximum atomic E-state index is 13.4. The summed E-state index contributed by atoms with van der Waals surface area (Å²) in [5, 5.41) is 2.39. The van der Waals surface area contributed by atoms with Gasteiger partial charge in [-0.2, -0.15) is 0 Å². The zero-order chi connectivity index (χ0) is 24.8.